The van der Waals surface area contributed by atoms with Crippen molar-refractivity contribution in [2.75, 3.05) is 17.6 Å². The molecule has 0 spiro atoms. The fourth-order valence-electron chi connectivity index (χ4n) is 2.02. The molecule has 0 fully saturated rings. The summed E-state index contributed by atoms with van der Waals surface area (Å²) in [6, 6.07) is 12.5. The number of benzene rings is 2. The number of halogens is 1. The van der Waals surface area contributed by atoms with Crippen LogP contribution in [0, 0.1) is 6.92 Å². The van der Waals surface area contributed by atoms with Crippen LogP contribution in [0.3, 0.4) is 0 Å². The van der Waals surface area contributed by atoms with Crippen molar-refractivity contribution in [3.8, 4) is 0 Å². The van der Waals surface area contributed by atoms with Gasteiger partial charge in [-0.3, -0.25) is 0 Å². The van der Waals surface area contributed by atoms with Gasteiger partial charge in [-0.2, -0.15) is 0 Å². The van der Waals surface area contributed by atoms with E-state index in [1.54, 1.807) is 30.8 Å². The van der Waals surface area contributed by atoms with Gasteiger partial charge in [0.25, 0.3) is 0 Å². The minimum Gasteiger partial charge on any atom is -0.362 e. The van der Waals surface area contributed by atoms with E-state index in [1.807, 2.05) is 24.3 Å². The number of thiocarbonyl (C=S) groups is 1. The summed E-state index contributed by atoms with van der Waals surface area (Å²) in [5, 5.41) is 12.4. The number of hydrogen-bond acceptors (Lipinski definition) is 4. The number of sulfonamides is 1. The number of aryl methyl sites for hydroxylation is 1. The molecular formula is C16H18ClN3O2S3. The summed E-state index contributed by atoms with van der Waals surface area (Å²) in [5.74, 6) is 0.819. The van der Waals surface area contributed by atoms with E-state index in [0.717, 1.165) is 10.6 Å². The molecule has 0 saturated heterocycles. The summed E-state index contributed by atoms with van der Waals surface area (Å²) in [6.07, 6.45) is 0. The first-order valence-electron chi connectivity index (χ1n) is 7.32. The fourth-order valence-corrected chi connectivity index (χ4v) is 3.95. The summed E-state index contributed by atoms with van der Waals surface area (Å²) in [5.41, 5.74) is 1.16. The van der Waals surface area contributed by atoms with E-state index in [0.29, 0.717) is 27.9 Å². The quantitative estimate of drug-likeness (QED) is 0.381. The predicted octanol–water partition coefficient (Wildman–Crippen LogP) is 3.37. The Morgan fingerprint density at radius 1 is 1.24 bits per heavy atom. The number of nitrogens with one attached hydrogen (secondary N) is 2. The van der Waals surface area contributed by atoms with Crippen LogP contribution in [-0.4, -0.2) is 25.8 Å². The van der Waals surface area contributed by atoms with Crippen LogP contribution < -0.4 is 15.8 Å². The first-order chi connectivity index (χ1) is 11.8. The minimum absolute atomic E-state index is 0.0820. The van der Waals surface area contributed by atoms with E-state index >= 15 is 0 Å². The summed E-state index contributed by atoms with van der Waals surface area (Å²) >= 11 is 12.8. The van der Waals surface area contributed by atoms with Crippen LogP contribution in [0.25, 0.3) is 0 Å². The van der Waals surface area contributed by atoms with Crippen molar-refractivity contribution in [3.05, 3.63) is 53.1 Å². The molecule has 0 amide bonds. The lowest BCUT2D eigenvalue weighted by atomic mass is 10.2. The number of nitrogens with two attached hydrogens (primary N) is 1. The van der Waals surface area contributed by atoms with Crippen molar-refractivity contribution in [3.63, 3.8) is 0 Å². The van der Waals surface area contributed by atoms with Crippen molar-refractivity contribution in [1.82, 2.24) is 5.32 Å². The summed E-state index contributed by atoms with van der Waals surface area (Å²) in [4.78, 5) is 1.21. The van der Waals surface area contributed by atoms with Crippen molar-refractivity contribution in [2.24, 2.45) is 5.14 Å². The van der Waals surface area contributed by atoms with E-state index in [2.05, 4.69) is 10.6 Å². The molecule has 0 aliphatic heterocycles. The highest BCUT2D eigenvalue weighted by Gasteiger charge is 2.12. The zero-order valence-corrected chi connectivity index (χ0v) is 16.7. The molecule has 25 heavy (non-hydrogen) atoms. The number of primary sulfonamides is 1. The lowest BCUT2D eigenvalue weighted by Gasteiger charge is -2.12. The van der Waals surface area contributed by atoms with Gasteiger partial charge in [0.15, 0.2) is 5.11 Å². The van der Waals surface area contributed by atoms with Gasteiger partial charge in [-0.25, -0.2) is 13.6 Å². The lowest BCUT2D eigenvalue weighted by molar-refractivity contribution is 0.597. The van der Waals surface area contributed by atoms with Crippen LogP contribution in [0.15, 0.2) is 52.3 Å². The Labute approximate surface area is 162 Å². The number of anilines is 1. The smallest absolute Gasteiger partial charge is 0.238 e. The third-order valence-electron chi connectivity index (χ3n) is 3.22. The van der Waals surface area contributed by atoms with Gasteiger partial charge in [0, 0.05) is 27.9 Å². The van der Waals surface area contributed by atoms with Crippen LogP contribution in [0.2, 0.25) is 5.02 Å². The normalized spacial score (nSPS) is 11.2. The van der Waals surface area contributed by atoms with Gasteiger partial charge in [-0.05, 0) is 61.1 Å². The number of thioether (sulfide) groups is 1. The highest BCUT2D eigenvalue weighted by molar-refractivity contribution is 7.99. The van der Waals surface area contributed by atoms with Crippen LogP contribution >= 0.6 is 35.6 Å². The summed E-state index contributed by atoms with van der Waals surface area (Å²) in [7, 11) is -3.76. The van der Waals surface area contributed by atoms with Crippen LogP contribution in [-0.2, 0) is 10.0 Å². The van der Waals surface area contributed by atoms with E-state index in [1.165, 1.54) is 6.07 Å². The van der Waals surface area contributed by atoms with Gasteiger partial charge >= 0.3 is 0 Å². The molecule has 0 saturated carbocycles. The third-order valence-corrected chi connectivity index (χ3v) is 5.79. The van der Waals surface area contributed by atoms with Gasteiger partial charge in [0.2, 0.25) is 10.0 Å². The van der Waals surface area contributed by atoms with Gasteiger partial charge < -0.3 is 10.6 Å². The molecule has 0 aliphatic carbocycles. The Kier molecular flexibility index (Phi) is 7.09. The molecule has 9 heteroatoms. The summed E-state index contributed by atoms with van der Waals surface area (Å²) < 4.78 is 23.1. The SMILES string of the molecule is Cc1ccc(NC(=S)NCCSc2ccc(Cl)cc2)cc1S(N)(=O)=O. The molecule has 0 radical (unpaired) electrons. The standard InChI is InChI=1S/C16H18ClN3O2S3/c1-11-2-5-13(10-15(11)25(18,21)22)20-16(23)19-8-9-24-14-6-3-12(17)4-7-14/h2-7,10H,8-9H2,1H3,(H2,18,21,22)(H2,19,20,23). The topological polar surface area (TPSA) is 84.2 Å². The Hall–Kier alpha value is -1.32. The summed E-state index contributed by atoms with van der Waals surface area (Å²) in [6.45, 7) is 2.35. The van der Waals surface area contributed by atoms with Crippen molar-refractivity contribution in [1.29, 1.82) is 0 Å². The molecular weight excluding hydrogens is 398 g/mol. The molecule has 0 aliphatic rings. The van der Waals surface area contributed by atoms with Crippen molar-refractivity contribution in [2.45, 2.75) is 16.7 Å². The van der Waals surface area contributed by atoms with Crippen LogP contribution in [0.4, 0.5) is 5.69 Å². The maximum absolute atomic E-state index is 11.5. The molecule has 134 valence electrons. The first kappa shape index (κ1) is 20.0. The third kappa shape index (κ3) is 6.48. The van der Waals surface area contributed by atoms with E-state index in [4.69, 9.17) is 29.0 Å². The Morgan fingerprint density at radius 3 is 2.56 bits per heavy atom. The molecule has 2 aromatic rings. The van der Waals surface area contributed by atoms with Crippen LogP contribution in [0.1, 0.15) is 5.56 Å². The van der Waals surface area contributed by atoms with Gasteiger partial charge in [-0.15, -0.1) is 11.8 Å². The second-order valence-electron chi connectivity index (χ2n) is 5.21. The molecule has 2 aromatic carbocycles. The van der Waals surface area contributed by atoms with Crippen molar-refractivity contribution < 1.29 is 8.42 Å². The maximum Gasteiger partial charge on any atom is 0.238 e. The van der Waals surface area contributed by atoms with E-state index in [9.17, 15) is 8.42 Å². The Bertz CT molecular complexity index is 855. The average molecular weight is 416 g/mol. The minimum atomic E-state index is -3.76. The second-order valence-corrected chi connectivity index (χ2v) is 8.75. The molecule has 0 heterocycles. The molecule has 5 nitrogen and oxygen atoms in total. The molecule has 4 N–H and O–H groups in total. The van der Waals surface area contributed by atoms with Gasteiger partial charge in [0.05, 0.1) is 4.90 Å². The number of rotatable bonds is 6. The number of hydrogen-bond donors (Lipinski definition) is 3. The van der Waals surface area contributed by atoms with Crippen LogP contribution in [0.5, 0.6) is 0 Å². The second kappa shape index (κ2) is 8.86. The zero-order chi connectivity index (χ0) is 18.4. The highest BCUT2D eigenvalue weighted by atomic mass is 35.5. The Balaban J connectivity index is 1.83. The molecule has 0 bridgehead atoms. The highest BCUT2D eigenvalue weighted by Crippen LogP contribution is 2.20. The molecule has 0 aromatic heterocycles. The predicted molar refractivity (Wildman–Crippen MR) is 109 cm³/mol. The monoisotopic (exact) mass is 415 g/mol. The molecule has 2 rings (SSSR count). The van der Waals surface area contributed by atoms with Crippen molar-refractivity contribution >= 4 is 56.4 Å². The lowest BCUT2D eigenvalue weighted by Crippen LogP contribution is -2.30. The average Bonchev–Trinajstić information content (AvgIpc) is 2.54. The first-order valence-corrected chi connectivity index (χ1v) is 10.6. The van der Waals surface area contributed by atoms with E-state index < -0.39 is 10.0 Å². The molecule has 0 unspecified atom stereocenters. The fraction of sp³-hybridized carbons (Fsp3) is 0.188. The zero-order valence-electron chi connectivity index (χ0n) is 13.5. The maximum atomic E-state index is 11.5. The largest absolute Gasteiger partial charge is 0.362 e. The van der Waals surface area contributed by atoms with Gasteiger partial charge in [-0.1, -0.05) is 17.7 Å². The van der Waals surface area contributed by atoms with E-state index in [-0.39, 0.29) is 4.90 Å². The molecule has 0 atom stereocenters. The Morgan fingerprint density at radius 2 is 1.92 bits per heavy atom. The van der Waals surface area contributed by atoms with Gasteiger partial charge in [0.1, 0.15) is 0 Å².